The maximum atomic E-state index is 12.0. The van der Waals surface area contributed by atoms with Crippen molar-refractivity contribution in [2.24, 2.45) is 0 Å². The Hall–Kier alpha value is -2.50. The van der Waals surface area contributed by atoms with Crippen LogP contribution in [0.4, 0.5) is 0 Å². The SMILES string of the molecule is CCCCCc1cn([C@@H]2CN[C@H](C(O)(c3ccccc3)c3ccccc3)C2)nn1. The van der Waals surface area contributed by atoms with Crippen molar-refractivity contribution < 1.29 is 5.11 Å². The average Bonchev–Trinajstić information content (AvgIpc) is 3.45. The summed E-state index contributed by atoms with van der Waals surface area (Å²) in [4.78, 5) is 0. The first-order chi connectivity index (χ1) is 14.2. The molecular weight excluding hydrogens is 360 g/mol. The van der Waals surface area contributed by atoms with Crippen LogP contribution in [0.5, 0.6) is 0 Å². The molecule has 1 aliphatic rings. The Balaban J connectivity index is 1.55. The van der Waals surface area contributed by atoms with Gasteiger partial charge in [-0.1, -0.05) is 85.6 Å². The maximum absolute atomic E-state index is 12.0. The number of unbranched alkanes of at least 4 members (excludes halogenated alkanes) is 2. The van der Waals surface area contributed by atoms with E-state index in [9.17, 15) is 5.11 Å². The third kappa shape index (κ3) is 4.11. The lowest BCUT2D eigenvalue weighted by molar-refractivity contribution is 0.0430. The van der Waals surface area contributed by atoms with E-state index in [4.69, 9.17) is 0 Å². The Bertz CT molecular complexity index is 854. The number of aryl methyl sites for hydroxylation is 1. The van der Waals surface area contributed by atoms with Gasteiger partial charge in [0.25, 0.3) is 0 Å². The Morgan fingerprint density at radius 2 is 1.69 bits per heavy atom. The van der Waals surface area contributed by atoms with Gasteiger partial charge in [-0.2, -0.15) is 0 Å². The van der Waals surface area contributed by atoms with Crippen molar-refractivity contribution in [3.8, 4) is 0 Å². The van der Waals surface area contributed by atoms with E-state index in [2.05, 4.69) is 28.7 Å². The van der Waals surface area contributed by atoms with Crippen molar-refractivity contribution in [3.63, 3.8) is 0 Å². The van der Waals surface area contributed by atoms with Gasteiger partial charge in [-0.05, 0) is 30.4 Å². The van der Waals surface area contributed by atoms with Gasteiger partial charge >= 0.3 is 0 Å². The molecule has 2 heterocycles. The fraction of sp³-hybridized carbons (Fsp3) is 0.417. The molecule has 1 aromatic heterocycles. The van der Waals surface area contributed by atoms with Gasteiger partial charge in [0.2, 0.25) is 0 Å². The van der Waals surface area contributed by atoms with E-state index in [0.29, 0.717) is 0 Å². The molecule has 4 rings (SSSR count). The summed E-state index contributed by atoms with van der Waals surface area (Å²) < 4.78 is 1.98. The fourth-order valence-electron chi connectivity index (χ4n) is 4.35. The number of hydrogen-bond donors (Lipinski definition) is 2. The standard InChI is InChI=1S/C24H30N4O/c1-2-3-6-15-21-18-28(27-26-21)22-16-23(25-17-22)24(29,19-11-7-4-8-12-19)20-13-9-5-10-14-20/h4-5,7-14,18,22-23,25,29H,2-3,6,15-17H2,1H3/t22-,23-/m0/s1. The second-order valence-corrected chi connectivity index (χ2v) is 8.00. The van der Waals surface area contributed by atoms with Gasteiger partial charge in [0.05, 0.1) is 11.7 Å². The van der Waals surface area contributed by atoms with Crippen LogP contribution in [0.1, 0.15) is 55.5 Å². The summed E-state index contributed by atoms with van der Waals surface area (Å²) >= 11 is 0. The third-order valence-electron chi connectivity index (χ3n) is 6.01. The lowest BCUT2D eigenvalue weighted by Crippen LogP contribution is -2.46. The summed E-state index contributed by atoms with van der Waals surface area (Å²) in [6.07, 6.45) is 7.44. The van der Waals surface area contributed by atoms with Gasteiger partial charge in [0.15, 0.2) is 0 Å². The van der Waals surface area contributed by atoms with Crippen molar-refractivity contribution in [2.75, 3.05) is 6.54 Å². The zero-order valence-electron chi connectivity index (χ0n) is 17.0. The number of nitrogens with one attached hydrogen (secondary N) is 1. The van der Waals surface area contributed by atoms with Crippen molar-refractivity contribution in [1.29, 1.82) is 0 Å². The molecule has 1 aliphatic heterocycles. The average molecular weight is 391 g/mol. The lowest BCUT2D eigenvalue weighted by Gasteiger charge is -2.35. The molecule has 2 aromatic carbocycles. The van der Waals surface area contributed by atoms with Crippen molar-refractivity contribution >= 4 is 0 Å². The maximum Gasteiger partial charge on any atom is 0.130 e. The predicted octanol–water partition coefficient (Wildman–Crippen LogP) is 3.85. The monoisotopic (exact) mass is 390 g/mol. The van der Waals surface area contributed by atoms with Crippen LogP contribution in [0.2, 0.25) is 0 Å². The third-order valence-corrected chi connectivity index (χ3v) is 6.01. The van der Waals surface area contributed by atoms with Gasteiger partial charge in [-0.3, -0.25) is 0 Å². The van der Waals surface area contributed by atoms with Crippen LogP contribution in [0.25, 0.3) is 0 Å². The minimum atomic E-state index is -1.10. The van der Waals surface area contributed by atoms with Crippen molar-refractivity contribution in [2.45, 2.75) is 56.7 Å². The molecule has 5 heteroatoms. The summed E-state index contributed by atoms with van der Waals surface area (Å²) in [5, 5.41) is 24.3. The molecule has 0 unspecified atom stereocenters. The van der Waals surface area contributed by atoms with Gasteiger partial charge in [-0.15, -0.1) is 5.10 Å². The smallest absolute Gasteiger partial charge is 0.130 e. The highest BCUT2D eigenvalue weighted by atomic mass is 16.3. The van der Waals surface area contributed by atoms with Crippen LogP contribution < -0.4 is 5.32 Å². The Morgan fingerprint density at radius 3 is 2.31 bits per heavy atom. The number of aromatic nitrogens is 3. The summed E-state index contributed by atoms with van der Waals surface area (Å²) in [7, 11) is 0. The molecule has 0 bridgehead atoms. The van der Waals surface area contributed by atoms with E-state index in [-0.39, 0.29) is 12.1 Å². The molecule has 0 saturated carbocycles. The van der Waals surface area contributed by atoms with E-state index in [1.807, 2.05) is 65.3 Å². The number of rotatable bonds is 8. The molecule has 0 radical (unpaired) electrons. The van der Waals surface area contributed by atoms with Gasteiger partial charge in [0, 0.05) is 18.8 Å². The van der Waals surface area contributed by atoms with Crippen LogP contribution in [0, 0.1) is 0 Å². The molecule has 2 N–H and O–H groups in total. The Morgan fingerprint density at radius 1 is 1.03 bits per heavy atom. The number of hydrogen-bond acceptors (Lipinski definition) is 4. The van der Waals surface area contributed by atoms with Crippen LogP contribution >= 0.6 is 0 Å². The molecule has 29 heavy (non-hydrogen) atoms. The predicted molar refractivity (Wildman–Crippen MR) is 115 cm³/mol. The highest BCUT2D eigenvalue weighted by Gasteiger charge is 2.44. The van der Waals surface area contributed by atoms with Crippen LogP contribution in [-0.4, -0.2) is 32.7 Å². The second-order valence-electron chi connectivity index (χ2n) is 8.00. The van der Waals surface area contributed by atoms with E-state index in [0.717, 1.165) is 42.6 Å². The van der Waals surface area contributed by atoms with Gasteiger partial charge in [0.1, 0.15) is 5.60 Å². The zero-order valence-corrected chi connectivity index (χ0v) is 17.0. The molecule has 1 fully saturated rings. The number of nitrogens with zero attached hydrogens (tertiary/aromatic N) is 3. The fourth-order valence-corrected chi connectivity index (χ4v) is 4.35. The topological polar surface area (TPSA) is 63.0 Å². The second kappa shape index (κ2) is 8.89. The van der Waals surface area contributed by atoms with E-state index >= 15 is 0 Å². The van der Waals surface area contributed by atoms with Crippen molar-refractivity contribution in [1.82, 2.24) is 20.3 Å². The molecule has 5 nitrogen and oxygen atoms in total. The summed E-state index contributed by atoms with van der Waals surface area (Å²) in [5.41, 5.74) is 1.77. The highest BCUT2D eigenvalue weighted by molar-refractivity contribution is 5.38. The molecule has 0 spiro atoms. The summed E-state index contributed by atoms with van der Waals surface area (Å²) in [6.45, 7) is 2.98. The highest BCUT2D eigenvalue weighted by Crippen LogP contribution is 2.38. The van der Waals surface area contributed by atoms with E-state index < -0.39 is 5.60 Å². The quantitative estimate of drug-likeness (QED) is 0.574. The van der Waals surface area contributed by atoms with Crippen LogP contribution in [0.3, 0.4) is 0 Å². The molecule has 152 valence electrons. The van der Waals surface area contributed by atoms with Gasteiger partial charge in [-0.25, -0.2) is 4.68 Å². The molecular formula is C24H30N4O. The Labute approximate surface area is 172 Å². The number of aliphatic hydroxyl groups is 1. The first-order valence-corrected chi connectivity index (χ1v) is 10.7. The zero-order chi connectivity index (χ0) is 20.1. The largest absolute Gasteiger partial charge is 0.379 e. The minimum Gasteiger partial charge on any atom is -0.379 e. The summed E-state index contributed by atoms with van der Waals surface area (Å²) in [5.74, 6) is 0. The van der Waals surface area contributed by atoms with Crippen LogP contribution in [0.15, 0.2) is 66.9 Å². The molecule has 2 atom stereocenters. The molecule has 1 saturated heterocycles. The molecule has 3 aromatic rings. The van der Waals surface area contributed by atoms with Gasteiger partial charge < -0.3 is 10.4 Å². The number of benzene rings is 2. The first-order valence-electron chi connectivity index (χ1n) is 10.7. The van der Waals surface area contributed by atoms with E-state index in [1.54, 1.807) is 0 Å². The van der Waals surface area contributed by atoms with E-state index in [1.165, 1.54) is 12.8 Å². The van der Waals surface area contributed by atoms with Crippen molar-refractivity contribution in [3.05, 3.63) is 83.7 Å². The Kier molecular flexibility index (Phi) is 6.07. The summed E-state index contributed by atoms with van der Waals surface area (Å²) in [6, 6.07) is 20.0. The molecule has 0 amide bonds. The molecule has 0 aliphatic carbocycles. The van der Waals surface area contributed by atoms with Crippen LogP contribution in [-0.2, 0) is 12.0 Å². The first kappa shape index (κ1) is 19.8. The normalized spacial score (nSPS) is 19.5. The minimum absolute atomic E-state index is 0.106. The lowest BCUT2D eigenvalue weighted by atomic mass is 9.79.